The van der Waals surface area contributed by atoms with Crippen LogP contribution in [0.4, 0.5) is 0 Å². The standard InChI is InChI=1S/C14H17NO3.ClH/c15-12-7-6-11(14(12)17)8-13(16)18-9-10-4-2-1-3-5-10;/h1-5,11-12H,6-9,15H2;1H. The number of hydrogen-bond donors (Lipinski definition) is 1. The van der Waals surface area contributed by atoms with Crippen LogP contribution < -0.4 is 5.73 Å². The maximum Gasteiger partial charge on any atom is 0.306 e. The molecular weight excluding hydrogens is 266 g/mol. The van der Waals surface area contributed by atoms with Crippen LogP contribution in [0.5, 0.6) is 0 Å². The monoisotopic (exact) mass is 283 g/mol. The number of ether oxygens (including phenoxy) is 1. The molecule has 0 radical (unpaired) electrons. The summed E-state index contributed by atoms with van der Waals surface area (Å²) in [4.78, 5) is 23.2. The zero-order valence-electron chi connectivity index (χ0n) is 10.6. The van der Waals surface area contributed by atoms with Crippen molar-refractivity contribution in [2.75, 3.05) is 0 Å². The van der Waals surface area contributed by atoms with Gasteiger partial charge in [-0.05, 0) is 18.4 Å². The van der Waals surface area contributed by atoms with Gasteiger partial charge in [-0.2, -0.15) is 0 Å². The smallest absolute Gasteiger partial charge is 0.306 e. The van der Waals surface area contributed by atoms with Gasteiger partial charge >= 0.3 is 5.97 Å². The van der Waals surface area contributed by atoms with Crippen LogP contribution >= 0.6 is 12.4 Å². The molecule has 0 saturated heterocycles. The minimum absolute atomic E-state index is 0. The first kappa shape index (κ1) is 15.7. The summed E-state index contributed by atoms with van der Waals surface area (Å²) in [5, 5.41) is 0. The summed E-state index contributed by atoms with van der Waals surface area (Å²) in [6, 6.07) is 9.08. The Balaban J connectivity index is 0.00000180. The highest BCUT2D eigenvalue weighted by molar-refractivity contribution is 5.91. The molecule has 0 spiro atoms. The van der Waals surface area contributed by atoms with Crippen molar-refractivity contribution in [3.63, 3.8) is 0 Å². The third-order valence-electron chi connectivity index (χ3n) is 3.25. The first-order valence-electron chi connectivity index (χ1n) is 6.15. The first-order chi connectivity index (χ1) is 8.66. The Labute approximate surface area is 118 Å². The normalized spacial score (nSPS) is 21.8. The van der Waals surface area contributed by atoms with E-state index in [2.05, 4.69) is 0 Å². The lowest BCUT2D eigenvalue weighted by molar-refractivity contribution is -0.147. The molecule has 1 aromatic carbocycles. The Morgan fingerprint density at radius 1 is 1.26 bits per heavy atom. The van der Waals surface area contributed by atoms with Crippen molar-refractivity contribution < 1.29 is 14.3 Å². The van der Waals surface area contributed by atoms with Crippen LogP contribution in [0.15, 0.2) is 30.3 Å². The lowest BCUT2D eigenvalue weighted by Crippen LogP contribution is -2.28. The number of rotatable bonds is 4. The zero-order chi connectivity index (χ0) is 13.0. The number of esters is 1. The predicted molar refractivity (Wildman–Crippen MR) is 73.8 cm³/mol. The van der Waals surface area contributed by atoms with Crippen molar-refractivity contribution in [2.24, 2.45) is 11.7 Å². The summed E-state index contributed by atoms with van der Waals surface area (Å²) < 4.78 is 5.14. The van der Waals surface area contributed by atoms with Crippen molar-refractivity contribution in [1.29, 1.82) is 0 Å². The SMILES string of the molecule is Cl.NC1CCC(CC(=O)OCc2ccccc2)C1=O. The summed E-state index contributed by atoms with van der Waals surface area (Å²) in [7, 11) is 0. The second-order valence-electron chi connectivity index (χ2n) is 4.63. The number of carbonyl (C=O) groups is 2. The largest absolute Gasteiger partial charge is 0.461 e. The summed E-state index contributed by atoms with van der Waals surface area (Å²) in [6.45, 7) is 0.257. The Bertz CT molecular complexity index is 436. The van der Waals surface area contributed by atoms with Crippen molar-refractivity contribution >= 4 is 24.2 Å². The molecule has 2 atom stereocenters. The van der Waals surface area contributed by atoms with Gasteiger partial charge in [-0.3, -0.25) is 9.59 Å². The highest BCUT2D eigenvalue weighted by Gasteiger charge is 2.33. The molecule has 0 amide bonds. The second-order valence-corrected chi connectivity index (χ2v) is 4.63. The van der Waals surface area contributed by atoms with Crippen molar-refractivity contribution in [3.05, 3.63) is 35.9 Å². The van der Waals surface area contributed by atoms with E-state index in [1.807, 2.05) is 30.3 Å². The molecule has 2 N–H and O–H groups in total. The van der Waals surface area contributed by atoms with E-state index in [1.165, 1.54) is 0 Å². The Hall–Kier alpha value is -1.39. The molecule has 1 aliphatic carbocycles. The van der Waals surface area contributed by atoms with Gasteiger partial charge in [-0.25, -0.2) is 0 Å². The minimum Gasteiger partial charge on any atom is -0.461 e. The molecule has 0 bridgehead atoms. The van der Waals surface area contributed by atoms with E-state index in [-0.39, 0.29) is 43.1 Å². The van der Waals surface area contributed by atoms with Crippen LogP contribution in [0, 0.1) is 5.92 Å². The molecule has 0 aromatic heterocycles. The van der Waals surface area contributed by atoms with Gasteiger partial charge in [0.2, 0.25) is 0 Å². The molecule has 0 heterocycles. The molecule has 0 aliphatic heterocycles. The fourth-order valence-electron chi connectivity index (χ4n) is 2.17. The number of carbonyl (C=O) groups excluding carboxylic acids is 2. The van der Waals surface area contributed by atoms with Crippen LogP contribution in [0.3, 0.4) is 0 Å². The van der Waals surface area contributed by atoms with Gasteiger partial charge < -0.3 is 10.5 Å². The first-order valence-corrected chi connectivity index (χ1v) is 6.15. The van der Waals surface area contributed by atoms with Crippen LogP contribution in [0.2, 0.25) is 0 Å². The molecule has 1 aliphatic rings. The third-order valence-corrected chi connectivity index (χ3v) is 3.25. The van der Waals surface area contributed by atoms with E-state index in [1.54, 1.807) is 0 Å². The van der Waals surface area contributed by atoms with Crippen molar-refractivity contribution in [3.8, 4) is 0 Å². The Kier molecular flexibility index (Phi) is 5.99. The lowest BCUT2D eigenvalue weighted by Gasteiger charge is -2.08. The minimum atomic E-state index is -0.392. The van der Waals surface area contributed by atoms with Gasteiger partial charge in [-0.15, -0.1) is 12.4 Å². The summed E-state index contributed by atoms with van der Waals surface area (Å²) in [5.41, 5.74) is 6.55. The maximum absolute atomic E-state index is 11.6. The number of nitrogens with two attached hydrogens (primary N) is 1. The number of Topliss-reactive ketones (excluding diaryl/α,β-unsaturated/α-hetero) is 1. The highest BCUT2D eigenvalue weighted by Crippen LogP contribution is 2.24. The molecule has 1 saturated carbocycles. The number of hydrogen-bond acceptors (Lipinski definition) is 4. The van der Waals surface area contributed by atoms with Gasteiger partial charge in [-0.1, -0.05) is 30.3 Å². The Morgan fingerprint density at radius 3 is 2.53 bits per heavy atom. The van der Waals surface area contributed by atoms with E-state index in [0.29, 0.717) is 12.8 Å². The van der Waals surface area contributed by atoms with Gasteiger partial charge in [0.15, 0.2) is 5.78 Å². The topological polar surface area (TPSA) is 69.4 Å². The molecule has 1 fully saturated rings. The van der Waals surface area contributed by atoms with E-state index >= 15 is 0 Å². The summed E-state index contributed by atoms with van der Waals surface area (Å²) >= 11 is 0. The van der Waals surface area contributed by atoms with Gasteiger partial charge in [0.1, 0.15) is 6.61 Å². The average molecular weight is 284 g/mol. The van der Waals surface area contributed by atoms with Crippen molar-refractivity contribution in [1.82, 2.24) is 0 Å². The third kappa shape index (κ3) is 4.33. The van der Waals surface area contributed by atoms with Crippen LogP contribution in [-0.2, 0) is 20.9 Å². The van der Waals surface area contributed by atoms with Crippen LogP contribution in [-0.4, -0.2) is 17.8 Å². The predicted octanol–water partition coefficient (Wildman–Crippen LogP) is 1.85. The van der Waals surface area contributed by atoms with Gasteiger partial charge in [0.25, 0.3) is 0 Å². The van der Waals surface area contributed by atoms with E-state index in [9.17, 15) is 9.59 Å². The van der Waals surface area contributed by atoms with Crippen LogP contribution in [0.1, 0.15) is 24.8 Å². The van der Waals surface area contributed by atoms with Gasteiger partial charge in [0, 0.05) is 5.92 Å². The van der Waals surface area contributed by atoms with E-state index in [4.69, 9.17) is 10.5 Å². The molecule has 5 heteroatoms. The molecular formula is C14H18ClNO3. The van der Waals surface area contributed by atoms with Crippen molar-refractivity contribution in [2.45, 2.75) is 31.9 Å². The lowest BCUT2D eigenvalue weighted by atomic mass is 10.0. The summed E-state index contributed by atoms with van der Waals surface area (Å²) in [5.74, 6) is -0.582. The second kappa shape index (κ2) is 7.26. The molecule has 104 valence electrons. The van der Waals surface area contributed by atoms with Gasteiger partial charge in [0.05, 0.1) is 12.5 Å². The van der Waals surface area contributed by atoms with E-state index < -0.39 is 6.04 Å². The molecule has 2 unspecified atom stereocenters. The fourth-order valence-corrected chi connectivity index (χ4v) is 2.17. The number of halogens is 1. The Morgan fingerprint density at radius 2 is 1.95 bits per heavy atom. The zero-order valence-corrected chi connectivity index (χ0v) is 11.4. The van der Waals surface area contributed by atoms with E-state index in [0.717, 1.165) is 5.56 Å². The molecule has 4 nitrogen and oxygen atoms in total. The van der Waals surface area contributed by atoms with Crippen LogP contribution in [0.25, 0.3) is 0 Å². The number of ketones is 1. The fraction of sp³-hybridized carbons (Fsp3) is 0.429. The molecule has 19 heavy (non-hydrogen) atoms. The molecule has 1 aromatic rings. The number of benzene rings is 1. The average Bonchev–Trinajstić information content (AvgIpc) is 2.70. The quantitative estimate of drug-likeness (QED) is 0.856. The summed E-state index contributed by atoms with van der Waals surface area (Å²) in [6.07, 6.45) is 1.52. The maximum atomic E-state index is 11.6. The molecule has 2 rings (SSSR count). The highest BCUT2D eigenvalue weighted by atomic mass is 35.5.